The highest BCUT2D eigenvalue weighted by molar-refractivity contribution is 6.02. The van der Waals surface area contributed by atoms with Crippen LogP contribution in [-0.2, 0) is 4.79 Å². The molecule has 0 unspecified atom stereocenters. The van der Waals surface area contributed by atoms with Gasteiger partial charge in [-0.1, -0.05) is 38.1 Å². The zero-order valence-electron chi connectivity index (χ0n) is 20.5. The number of rotatable bonds is 11. The van der Waals surface area contributed by atoms with E-state index in [0.29, 0.717) is 41.8 Å². The molecule has 5 heteroatoms. The Morgan fingerprint density at radius 1 is 0.969 bits per heavy atom. The lowest BCUT2D eigenvalue weighted by Crippen LogP contribution is -2.39. The van der Waals surface area contributed by atoms with Gasteiger partial charge in [0.15, 0.2) is 11.5 Å². The van der Waals surface area contributed by atoms with Gasteiger partial charge in [0.05, 0.1) is 7.11 Å². The number of carbonyl (C=O) groups is 1. The lowest BCUT2D eigenvalue weighted by molar-refractivity contribution is -0.111. The molecule has 2 rings (SSSR count). The lowest BCUT2D eigenvalue weighted by Gasteiger charge is -2.30. The van der Waals surface area contributed by atoms with Crippen LogP contribution in [0.1, 0.15) is 58.6 Å². The van der Waals surface area contributed by atoms with Gasteiger partial charge in [-0.3, -0.25) is 9.69 Å². The van der Waals surface area contributed by atoms with Crippen LogP contribution in [0.15, 0.2) is 48.5 Å². The van der Waals surface area contributed by atoms with Crippen LogP contribution in [0.2, 0.25) is 0 Å². The van der Waals surface area contributed by atoms with E-state index in [0.717, 1.165) is 12.1 Å². The zero-order chi connectivity index (χ0) is 23.7. The number of benzene rings is 2. The van der Waals surface area contributed by atoms with E-state index in [1.807, 2.05) is 30.3 Å². The van der Waals surface area contributed by atoms with E-state index < -0.39 is 0 Å². The van der Waals surface area contributed by atoms with Crippen LogP contribution in [0.5, 0.6) is 11.5 Å². The van der Waals surface area contributed by atoms with Gasteiger partial charge in [0.2, 0.25) is 5.91 Å². The molecule has 2 aromatic rings. The van der Waals surface area contributed by atoms with E-state index in [4.69, 9.17) is 9.47 Å². The molecule has 2 aromatic carbocycles. The molecule has 0 aromatic heterocycles. The quantitative estimate of drug-likeness (QED) is 0.439. The van der Waals surface area contributed by atoms with Crippen molar-refractivity contribution in [2.75, 3.05) is 25.6 Å². The van der Waals surface area contributed by atoms with Crippen molar-refractivity contribution < 1.29 is 14.3 Å². The van der Waals surface area contributed by atoms with Crippen molar-refractivity contribution in [3.63, 3.8) is 0 Å². The number of ether oxygens (including phenoxy) is 2. The summed E-state index contributed by atoms with van der Waals surface area (Å²) in [5.41, 5.74) is 2.93. The third-order valence-electron chi connectivity index (χ3n) is 5.40. The Labute approximate surface area is 193 Å². The van der Waals surface area contributed by atoms with Crippen molar-refractivity contribution in [2.45, 2.75) is 59.5 Å². The molecule has 174 valence electrons. The summed E-state index contributed by atoms with van der Waals surface area (Å²) in [5.74, 6) is 1.55. The van der Waals surface area contributed by atoms with Crippen LogP contribution in [0.3, 0.4) is 0 Å². The minimum absolute atomic E-state index is 0.195. The Hall–Kier alpha value is -2.79. The zero-order valence-corrected chi connectivity index (χ0v) is 20.5. The Kier molecular flexibility index (Phi) is 9.79. The average Bonchev–Trinajstić information content (AvgIpc) is 2.75. The highest BCUT2D eigenvalue weighted by Gasteiger charge is 2.14. The van der Waals surface area contributed by atoms with Gasteiger partial charge in [-0.15, -0.1) is 0 Å². The fraction of sp³-hybridized carbons (Fsp3) is 0.444. The summed E-state index contributed by atoms with van der Waals surface area (Å²) in [6, 6.07) is 14.5. The van der Waals surface area contributed by atoms with Gasteiger partial charge in [-0.25, -0.2) is 0 Å². The number of amides is 1. The molecule has 1 amide bonds. The van der Waals surface area contributed by atoms with E-state index in [-0.39, 0.29) is 5.91 Å². The smallest absolute Gasteiger partial charge is 0.248 e. The van der Waals surface area contributed by atoms with Gasteiger partial charge in [0, 0.05) is 36.5 Å². The molecule has 0 saturated heterocycles. The van der Waals surface area contributed by atoms with Crippen molar-refractivity contribution in [3.8, 4) is 11.5 Å². The van der Waals surface area contributed by atoms with Crippen LogP contribution in [0.25, 0.3) is 6.08 Å². The standard InChI is InChI=1S/C27H38N2O3/c1-19(2)23-11-8-22(9-12-23)10-15-27(30)28-24-13-14-25(31-7)26(18-24)32-17-16-29(20(3)4)21(5)6/h8-15,18-21H,16-17H2,1-7H3,(H,28,30). The molecule has 0 spiro atoms. The number of hydrogen-bond donors (Lipinski definition) is 1. The van der Waals surface area contributed by atoms with Gasteiger partial charge in [0.1, 0.15) is 6.61 Å². The molecule has 5 nitrogen and oxygen atoms in total. The molecule has 0 atom stereocenters. The highest BCUT2D eigenvalue weighted by Crippen LogP contribution is 2.30. The first-order valence-corrected chi connectivity index (χ1v) is 11.4. The van der Waals surface area contributed by atoms with Gasteiger partial charge in [-0.2, -0.15) is 0 Å². The minimum Gasteiger partial charge on any atom is -0.493 e. The minimum atomic E-state index is -0.195. The van der Waals surface area contributed by atoms with Crippen molar-refractivity contribution >= 4 is 17.7 Å². The SMILES string of the molecule is COc1ccc(NC(=O)C=Cc2ccc(C(C)C)cc2)cc1OCCN(C(C)C)C(C)C. The topological polar surface area (TPSA) is 50.8 Å². The molecule has 0 fully saturated rings. The predicted molar refractivity (Wildman–Crippen MR) is 134 cm³/mol. The molecular formula is C27H38N2O3. The molecule has 0 radical (unpaired) electrons. The van der Waals surface area contributed by atoms with Crippen LogP contribution < -0.4 is 14.8 Å². The monoisotopic (exact) mass is 438 g/mol. The van der Waals surface area contributed by atoms with Crippen molar-refractivity contribution in [2.24, 2.45) is 0 Å². The second kappa shape index (κ2) is 12.3. The van der Waals surface area contributed by atoms with E-state index in [2.05, 4.69) is 63.9 Å². The van der Waals surface area contributed by atoms with Crippen LogP contribution >= 0.6 is 0 Å². The summed E-state index contributed by atoms with van der Waals surface area (Å²) in [6.07, 6.45) is 3.35. The first-order valence-electron chi connectivity index (χ1n) is 11.4. The Bertz CT molecular complexity index is 878. The normalized spacial score (nSPS) is 11.7. The molecule has 32 heavy (non-hydrogen) atoms. The van der Waals surface area contributed by atoms with Gasteiger partial charge < -0.3 is 14.8 Å². The predicted octanol–water partition coefficient (Wildman–Crippen LogP) is 5.97. The van der Waals surface area contributed by atoms with Crippen molar-refractivity contribution in [1.29, 1.82) is 0 Å². The number of carbonyl (C=O) groups excluding carboxylic acids is 1. The summed E-state index contributed by atoms with van der Waals surface area (Å²) >= 11 is 0. The second-order valence-electron chi connectivity index (χ2n) is 8.78. The first kappa shape index (κ1) is 25.5. The van der Waals surface area contributed by atoms with E-state index >= 15 is 0 Å². The molecule has 1 N–H and O–H groups in total. The summed E-state index contributed by atoms with van der Waals surface area (Å²) < 4.78 is 11.4. The number of anilines is 1. The third kappa shape index (κ3) is 7.72. The van der Waals surface area contributed by atoms with E-state index in [1.54, 1.807) is 13.2 Å². The summed E-state index contributed by atoms with van der Waals surface area (Å²) in [7, 11) is 1.61. The van der Waals surface area contributed by atoms with Crippen molar-refractivity contribution in [1.82, 2.24) is 4.90 Å². The summed E-state index contributed by atoms with van der Waals surface area (Å²) in [6.45, 7) is 14.4. The molecule has 0 saturated carbocycles. The Morgan fingerprint density at radius 3 is 2.19 bits per heavy atom. The largest absolute Gasteiger partial charge is 0.493 e. The van der Waals surface area contributed by atoms with E-state index in [9.17, 15) is 4.79 Å². The van der Waals surface area contributed by atoms with Gasteiger partial charge in [-0.05, 0) is 62.9 Å². The van der Waals surface area contributed by atoms with E-state index in [1.165, 1.54) is 11.6 Å². The maximum atomic E-state index is 12.4. The molecule has 0 aliphatic rings. The molecular weight excluding hydrogens is 400 g/mol. The lowest BCUT2D eigenvalue weighted by atomic mass is 10.0. The molecule has 0 heterocycles. The molecule has 0 aliphatic carbocycles. The first-order chi connectivity index (χ1) is 15.2. The Balaban J connectivity index is 2.00. The fourth-order valence-corrected chi connectivity index (χ4v) is 3.59. The summed E-state index contributed by atoms with van der Waals surface area (Å²) in [4.78, 5) is 14.8. The number of nitrogens with zero attached hydrogens (tertiary/aromatic N) is 1. The van der Waals surface area contributed by atoms with Crippen molar-refractivity contribution in [3.05, 3.63) is 59.7 Å². The van der Waals surface area contributed by atoms with Crippen LogP contribution in [0.4, 0.5) is 5.69 Å². The fourth-order valence-electron chi connectivity index (χ4n) is 3.59. The third-order valence-corrected chi connectivity index (χ3v) is 5.40. The Morgan fingerprint density at radius 2 is 1.62 bits per heavy atom. The maximum absolute atomic E-state index is 12.4. The van der Waals surface area contributed by atoms with Crippen LogP contribution in [0, 0.1) is 0 Å². The average molecular weight is 439 g/mol. The summed E-state index contributed by atoms with van der Waals surface area (Å²) in [5, 5.41) is 2.90. The second-order valence-corrected chi connectivity index (χ2v) is 8.78. The number of hydrogen-bond acceptors (Lipinski definition) is 4. The van der Waals surface area contributed by atoms with Crippen LogP contribution in [-0.4, -0.2) is 43.2 Å². The number of nitrogens with one attached hydrogen (secondary N) is 1. The number of methoxy groups -OCH3 is 1. The van der Waals surface area contributed by atoms with Gasteiger partial charge in [0.25, 0.3) is 0 Å². The molecule has 0 aliphatic heterocycles. The van der Waals surface area contributed by atoms with Gasteiger partial charge >= 0.3 is 0 Å². The highest BCUT2D eigenvalue weighted by atomic mass is 16.5. The molecule has 0 bridgehead atoms. The maximum Gasteiger partial charge on any atom is 0.248 e.